The first kappa shape index (κ1) is 14.6. The lowest BCUT2D eigenvalue weighted by Gasteiger charge is -2.12. The van der Waals surface area contributed by atoms with Crippen LogP contribution in [0, 0.1) is 0 Å². The van der Waals surface area contributed by atoms with E-state index in [0.29, 0.717) is 12.1 Å². The van der Waals surface area contributed by atoms with Crippen LogP contribution in [0.15, 0.2) is 12.3 Å². The molecule has 1 aromatic rings. The van der Waals surface area contributed by atoms with Crippen molar-refractivity contribution in [3.8, 4) is 0 Å². The third kappa shape index (κ3) is 4.64. The molecule has 1 unspecified atom stereocenters. The zero-order valence-electron chi connectivity index (χ0n) is 12.6. The number of rotatable bonds is 8. The third-order valence-corrected chi connectivity index (χ3v) is 4.18. The second-order valence-corrected chi connectivity index (χ2v) is 5.97. The highest BCUT2D eigenvalue weighted by Gasteiger charge is 2.17. The van der Waals surface area contributed by atoms with Gasteiger partial charge in [-0.3, -0.25) is 4.68 Å². The van der Waals surface area contributed by atoms with Gasteiger partial charge in [-0.15, -0.1) is 0 Å². The zero-order valence-corrected chi connectivity index (χ0v) is 12.6. The fourth-order valence-corrected chi connectivity index (χ4v) is 2.97. The van der Waals surface area contributed by atoms with E-state index < -0.39 is 0 Å². The Morgan fingerprint density at radius 3 is 2.95 bits per heavy atom. The summed E-state index contributed by atoms with van der Waals surface area (Å²) < 4.78 is 2.21. The molecule has 0 saturated heterocycles. The van der Waals surface area contributed by atoms with E-state index in [4.69, 9.17) is 5.10 Å². The van der Waals surface area contributed by atoms with Crippen LogP contribution in [0.3, 0.4) is 0 Å². The zero-order chi connectivity index (χ0) is 13.5. The quantitative estimate of drug-likeness (QED) is 0.775. The Morgan fingerprint density at radius 1 is 1.42 bits per heavy atom. The highest BCUT2D eigenvalue weighted by atomic mass is 15.3. The Hall–Kier alpha value is -0.830. The smallest absolute Gasteiger partial charge is 0.0624 e. The fraction of sp³-hybridized carbons (Fsp3) is 0.812. The topological polar surface area (TPSA) is 29.9 Å². The van der Waals surface area contributed by atoms with E-state index in [1.54, 1.807) is 0 Å². The van der Waals surface area contributed by atoms with Crippen LogP contribution in [0.25, 0.3) is 0 Å². The van der Waals surface area contributed by atoms with Gasteiger partial charge in [0, 0.05) is 12.2 Å². The summed E-state index contributed by atoms with van der Waals surface area (Å²) in [4.78, 5) is 0. The summed E-state index contributed by atoms with van der Waals surface area (Å²) in [6.45, 7) is 5.64. The minimum atomic E-state index is 0.636. The largest absolute Gasteiger partial charge is 0.314 e. The van der Waals surface area contributed by atoms with E-state index in [2.05, 4.69) is 36.1 Å². The fourth-order valence-electron chi connectivity index (χ4n) is 2.97. The molecule has 2 rings (SSSR count). The summed E-state index contributed by atoms with van der Waals surface area (Å²) in [6.07, 6.45) is 12.4. The van der Waals surface area contributed by atoms with Crippen molar-refractivity contribution in [2.24, 2.45) is 0 Å². The maximum Gasteiger partial charge on any atom is 0.0624 e. The predicted molar refractivity (Wildman–Crippen MR) is 80.4 cm³/mol. The molecule has 1 heterocycles. The van der Waals surface area contributed by atoms with Crippen molar-refractivity contribution < 1.29 is 0 Å². The molecule has 1 atom stereocenters. The van der Waals surface area contributed by atoms with Gasteiger partial charge in [0.05, 0.1) is 11.7 Å². The Balaban J connectivity index is 1.68. The highest BCUT2D eigenvalue weighted by Crippen LogP contribution is 2.28. The van der Waals surface area contributed by atoms with Crippen LogP contribution in [0.5, 0.6) is 0 Å². The second kappa shape index (κ2) is 7.68. The monoisotopic (exact) mass is 263 g/mol. The molecular formula is C16H29N3. The van der Waals surface area contributed by atoms with Gasteiger partial charge in [-0.05, 0) is 58.1 Å². The van der Waals surface area contributed by atoms with E-state index >= 15 is 0 Å². The van der Waals surface area contributed by atoms with Gasteiger partial charge in [0.25, 0.3) is 0 Å². The van der Waals surface area contributed by atoms with Crippen molar-refractivity contribution in [3.63, 3.8) is 0 Å². The minimum absolute atomic E-state index is 0.636. The molecule has 0 aliphatic heterocycles. The Labute approximate surface area is 117 Å². The first-order chi connectivity index (χ1) is 9.29. The average Bonchev–Trinajstić information content (AvgIpc) is 3.06. The lowest BCUT2D eigenvalue weighted by Crippen LogP contribution is -2.26. The molecule has 108 valence electrons. The van der Waals surface area contributed by atoms with E-state index in [9.17, 15) is 0 Å². The normalized spacial score (nSPS) is 18.0. The third-order valence-electron chi connectivity index (χ3n) is 4.18. The molecule has 0 aromatic carbocycles. The van der Waals surface area contributed by atoms with Gasteiger partial charge in [0.1, 0.15) is 0 Å². The molecule has 0 bridgehead atoms. The summed E-state index contributed by atoms with van der Waals surface area (Å²) in [5.74, 6) is 0. The molecular weight excluding hydrogens is 234 g/mol. The lowest BCUT2D eigenvalue weighted by atomic mass is 10.1. The predicted octanol–water partition coefficient (Wildman–Crippen LogP) is 3.71. The molecule has 19 heavy (non-hydrogen) atoms. The first-order valence-electron chi connectivity index (χ1n) is 8.07. The summed E-state index contributed by atoms with van der Waals surface area (Å²) in [5.41, 5.74) is 1.27. The number of hydrogen-bond donors (Lipinski definition) is 1. The maximum atomic E-state index is 4.75. The molecule has 1 fully saturated rings. The number of hydrogen-bond acceptors (Lipinski definition) is 2. The van der Waals surface area contributed by atoms with Crippen molar-refractivity contribution in [2.45, 2.75) is 77.3 Å². The Bertz CT molecular complexity index is 353. The van der Waals surface area contributed by atoms with E-state index in [-0.39, 0.29) is 0 Å². The van der Waals surface area contributed by atoms with Crippen molar-refractivity contribution in [1.29, 1.82) is 0 Å². The van der Waals surface area contributed by atoms with Gasteiger partial charge in [-0.2, -0.15) is 5.10 Å². The van der Waals surface area contributed by atoms with Crippen LogP contribution in [-0.4, -0.2) is 22.4 Å². The molecule has 1 aromatic heterocycles. The molecule has 1 N–H and O–H groups in total. The van der Waals surface area contributed by atoms with Crippen LogP contribution in [0.4, 0.5) is 0 Å². The summed E-state index contributed by atoms with van der Waals surface area (Å²) in [7, 11) is 0. The number of nitrogens with zero attached hydrogens (tertiary/aromatic N) is 2. The Kier molecular flexibility index (Phi) is 5.90. The van der Waals surface area contributed by atoms with Gasteiger partial charge in [0.15, 0.2) is 0 Å². The van der Waals surface area contributed by atoms with Crippen molar-refractivity contribution in [1.82, 2.24) is 15.1 Å². The van der Waals surface area contributed by atoms with Crippen LogP contribution < -0.4 is 5.32 Å². The van der Waals surface area contributed by atoms with Gasteiger partial charge >= 0.3 is 0 Å². The molecule has 0 spiro atoms. The molecule has 3 heteroatoms. The highest BCUT2D eigenvalue weighted by molar-refractivity contribution is 5.00. The maximum absolute atomic E-state index is 4.75. The average molecular weight is 263 g/mol. The molecule has 3 nitrogen and oxygen atoms in total. The van der Waals surface area contributed by atoms with Crippen molar-refractivity contribution in [3.05, 3.63) is 18.0 Å². The summed E-state index contributed by atoms with van der Waals surface area (Å²) >= 11 is 0. The van der Waals surface area contributed by atoms with Gasteiger partial charge in [0.2, 0.25) is 0 Å². The standard InChI is InChI=1S/C16H29N3/c1-3-12-17-14(2)7-6-8-15-11-13-19(18-15)16-9-4-5-10-16/h11,13-14,16-17H,3-10,12H2,1-2H3. The van der Waals surface area contributed by atoms with E-state index in [1.165, 1.54) is 50.6 Å². The SMILES string of the molecule is CCCNC(C)CCCc1ccn(C2CCCC2)n1. The number of nitrogens with one attached hydrogen (secondary N) is 1. The molecule has 1 aliphatic carbocycles. The van der Waals surface area contributed by atoms with Crippen molar-refractivity contribution >= 4 is 0 Å². The minimum Gasteiger partial charge on any atom is -0.314 e. The number of aryl methyl sites for hydroxylation is 1. The Morgan fingerprint density at radius 2 is 2.21 bits per heavy atom. The van der Waals surface area contributed by atoms with E-state index in [0.717, 1.165) is 13.0 Å². The van der Waals surface area contributed by atoms with Crippen LogP contribution in [-0.2, 0) is 6.42 Å². The molecule has 0 radical (unpaired) electrons. The van der Waals surface area contributed by atoms with Crippen molar-refractivity contribution in [2.75, 3.05) is 6.54 Å². The lowest BCUT2D eigenvalue weighted by molar-refractivity contribution is 0.459. The summed E-state index contributed by atoms with van der Waals surface area (Å²) in [6, 6.07) is 3.53. The van der Waals surface area contributed by atoms with Crippen LogP contribution >= 0.6 is 0 Å². The first-order valence-corrected chi connectivity index (χ1v) is 8.07. The number of aromatic nitrogens is 2. The molecule has 0 amide bonds. The van der Waals surface area contributed by atoms with Crippen LogP contribution in [0.2, 0.25) is 0 Å². The van der Waals surface area contributed by atoms with Crippen LogP contribution in [0.1, 0.15) is 70.5 Å². The van der Waals surface area contributed by atoms with Gasteiger partial charge < -0.3 is 5.32 Å². The molecule has 1 aliphatic rings. The molecule has 1 saturated carbocycles. The second-order valence-electron chi connectivity index (χ2n) is 5.97. The van der Waals surface area contributed by atoms with Gasteiger partial charge in [-0.1, -0.05) is 19.8 Å². The van der Waals surface area contributed by atoms with E-state index in [1.807, 2.05) is 0 Å². The summed E-state index contributed by atoms with van der Waals surface area (Å²) in [5, 5.41) is 8.29. The van der Waals surface area contributed by atoms with Gasteiger partial charge in [-0.25, -0.2) is 0 Å².